The van der Waals surface area contributed by atoms with Crippen LogP contribution in [0.5, 0.6) is 11.5 Å². The molecule has 1 atom stereocenters. The van der Waals surface area contributed by atoms with Gasteiger partial charge in [0, 0.05) is 20.5 Å². The summed E-state index contributed by atoms with van der Waals surface area (Å²) < 4.78 is 42.1. The average Bonchev–Trinajstić information content (AvgIpc) is 3.18. The van der Waals surface area contributed by atoms with Crippen LogP contribution in [0.4, 0.5) is 4.79 Å². The van der Waals surface area contributed by atoms with E-state index in [0.29, 0.717) is 30.3 Å². The molecule has 1 fully saturated rings. The van der Waals surface area contributed by atoms with E-state index in [4.69, 9.17) is 13.9 Å². The number of sulfonamides is 1. The van der Waals surface area contributed by atoms with Gasteiger partial charge in [0.25, 0.3) is 15.9 Å². The number of benzene rings is 1. The predicted molar refractivity (Wildman–Crippen MR) is 108 cm³/mol. The Kier molecular flexibility index (Phi) is 5.18. The van der Waals surface area contributed by atoms with Crippen molar-refractivity contribution in [1.29, 1.82) is 0 Å². The molecular weight excluding hydrogens is 426 g/mol. The number of rotatable bonds is 5. The molecule has 11 heteroatoms. The van der Waals surface area contributed by atoms with Gasteiger partial charge in [-0.25, -0.2) is 17.5 Å². The fourth-order valence-corrected chi connectivity index (χ4v) is 4.24. The quantitative estimate of drug-likeness (QED) is 0.690. The maximum atomic E-state index is 13.2. The monoisotopic (exact) mass is 449 g/mol. The lowest BCUT2D eigenvalue weighted by Gasteiger charge is -2.23. The van der Waals surface area contributed by atoms with Gasteiger partial charge in [-0.2, -0.15) is 0 Å². The van der Waals surface area contributed by atoms with Gasteiger partial charge in [-0.1, -0.05) is 6.07 Å². The van der Waals surface area contributed by atoms with Gasteiger partial charge in [-0.3, -0.25) is 9.69 Å². The van der Waals surface area contributed by atoms with E-state index in [1.165, 1.54) is 26.2 Å². The van der Waals surface area contributed by atoms with Gasteiger partial charge in [0.05, 0.1) is 19.8 Å². The molecule has 4 rings (SSSR count). The molecule has 0 aliphatic carbocycles. The van der Waals surface area contributed by atoms with Gasteiger partial charge < -0.3 is 19.2 Å². The third-order valence-electron chi connectivity index (χ3n) is 5.29. The molecule has 2 aliphatic heterocycles. The molecule has 0 radical (unpaired) electrons. The molecule has 31 heavy (non-hydrogen) atoms. The fraction of sp³-hybridized carbons (Fsp3) is 0.400. The number of carbonyl (C=O) groups is 2. The molecule has 1 N–H and O–H groups in total. The first-order chi connectivity index (χ1) is 14.6. The summed E-state index contributed by atoms with van der Waals surface area (Å²) in [5.41, 5.74) is -0.764. The highest BCUT2D eigenvalue weighted by Gasteiger charge is 2.49. The molecule has 10 nitrogen and oxygen atoms in total. The number of fused-ring (bicyclic) bond motifs is 1. The zero-order valence-electron chi connectivity index (χ0n) is 17.4. The van der Waals surface area contributed by atoms with Crippen LogP contribution in [0, 0.1) is 0 Å². The molecule has 0 unspecified atom stereocenters. The second-order valence-corrected chi connectivity index (χ2v) is 9.75. The molecule has 2 aliphatic rings. The Morgan fingerprint density at radius 3 is 2.52 bits per heavy atom. The SMILES string of the molecule is CN(C)S(=O)(=O)c1ccc(CN2C(=O)N[C@@](C)(c3ccc4c(c3)OCCCO4)C2=O)o1. The first-order valence-electron chi connectivity index (χ1n) is 9.68. The van der Waals surface area contributed by atoms with Crippen LogP contribution in [0.1, 0.15) is 24.7 Å². The van der Waals surface area contributed by atoms with Crippen LogP contribution in [0.3, 0.4) is 0 Å². The van der Waals surface area contributed by atoms with Crippen LogP contribution < -0.4 is 14.8 Å². The van der Waals surface area contributed by atoms with Gasteiger partial charge in [0.1, 0.15) is 11.3 Å². The Bertz CT molecular complexity index is 1140. The number of amides is 3. The van der Waals surface area contributed by atoms with E-state index in [1.54, 1.807) is 25.1 Å². The number of hydrogen-bond acceptors (Lipinski definition) is 7. The molecule has 0 saturated carbocycles. The van der Waals surface area contributed by atoms with Gasteiger partial charge in [-0.15, -0.1) is 0 Å². The number of carbonyl (C=O) groups excluding carboxylic acids is 2. The van der Waals surface area contributed by atoms with Crippen LogP contribution in [0.2, 0.25) is 0 Å². The molecule has 0 spiro atoms. The highest BCUT2D eigenvalue weighted by Crippen LogP contribution is 2.37. The average molecular weight is 449 g/mol. The number of urea groups is 1. The van der Waals surface area contributed by atoms with Crippen molar-refractivity contribution in [3.8, 4) is 11.5 Å². The van der Waals surface area contributed by atoms with Crippen LogP contribution in [-0.4, -0.2) is 56.9 Å². The molecule has 1 saturated heterocycles. The standard InChI is InChI=1S/C20H23N3O7S/c1-20(13-5-7-15-16(11-13)29-10-4-9-28-15)18(24)23(19(25)21-20)12-14-6-8-17(30-14)31(26,27)22(2)3/h5-8,11H,4,9-10,12H2,1-3H3,(H,21,25)/t20-/m0/s1. The van der Waals surface area contributed by atoms with Crippen LogP contribution in [0.25, 0.3) is 0 Å². The molecule has 2 aromatic rings. The molecule has 1 aromatic carbocycles. The van der Waals surface area contributed by atoms with Crippen molar-refractivity contribution >= 4 is 22.0 Å². The third kappa shape index (κ3) is 3.63. The maximum absolute atomic E-state index is 13.2. The predicted octanol–water partition coefficient (Wildman–Crippen LogP) is 1.66. The summed E-state index contributed by atoms with van der Waals surface area (Å²) in [6, 6.07) is 7.24. The molecule has 0 bridgehead atoms. The van der Waals surface area contributed by atoms with Crippen LogP contribution >= 0.6 is 0 Å². The van der Waals surface area contributed by atoms with Crippen molar-refractivity contribution in [2.45, 2.75) is 30.5 Å². The first-order valence-corrected chi connectivity index (χ1v) is 11.1. The molecule has 166 valence electrons. The number of hydrogen-bond donors (Lipinski definition) is 1. The van der Waals surface area contributed by atoms with Gasteiger partial charge in [-0.05, 0) is 36.8 Å². The van der Waals surface area contributed by atoms with E-state index in [1.807, 2.05) is 0 Å². The minimum atomic E-state index is -3.76. The summed E-state index contributed by atoms with van der Waals surface area (Å²) in [4.78, 5) is 26.8. The van der Waals surface area contributed by atoms with Gasteiger partial charge in [0.2, 0.25) is 5.09 Å². The topological polar surface area (TPSA) is 118 Å². The normalized spacial score (nSPS) is 21.4. The van der Waals surface area contributed by atoms with Crippen molar-refractivity contribution in [3.05, 3.63) is 41.7 Å². The second kappa shape index (κ2) is 7.57. The summed E-state index contributed by atoms with van der Waals surface area (Å²) in [7, 11) is -0.988. The second-order valence-electron chi connectivity index (χ2n) is 7.67. The summed E-state index contributed by atoms with van der Waals surface area (Å²) in [6.45, 7) is 2.45. The smallest absolute Gasteiger partial charge is 0.325 e. The highest BCUT2D eigenvalue weighted by atomic mass is 32.2. The zero-order valence-corrected chi connectivity index (χ0v) is 18.2. The summed E-state index contributed by atoms with van der Waals surface area (Å²) in [5, 5.41) is 2.46. The number of furan rings is 1. The number of imide groups is 1. The lowest BCUT2D eigenvalue weighted by Crippen LogP contribution is -2.40. The highest BCUT2D eigenvalue weighted by molar-refractivity contribution is 7.88. The van der Waals surface area contributed by atoms with E-state index in [-0.39, 0.29) is 17.4 Å². The van der Waals surface area contributed by atoms with Crippen molar-refractivity contribution in [2.24, 2.45) is 0 Å². The zero-order chi connectivity index (χ0) is 22.4. The largest absolute Gasteiger partial charge is 0.490 e. The van der Waals surface area contributed by atoms with Gasteiger partial charge in [0.15, 0.2) is 11.5 Å². The van der Waals surface area contributed by atoms with Crippen molar-refractivity contribution in [2.75, 3.05) is 27.3 Å². The first kappa shape index (κ1) is 21.2. The number of ether oxygens (including phenoxy) is 2. The lowest BCUT2D eigenvalue weighted by atomic mass is 9.91. The Morgan fingerprint density at radius 1 is 1.10 bits per heavy atom. The van der Waals surface area contributed by atoms with E-state index in [2.05, 4.69) is 5.32 Å². The van der Waals surface area contributed by atoms with E-state index in [9.17, 15) is 18.0 Å². The molecule has 1 aromatic heterocycles. The summed E-state index contributed by atoms with van der Waals surface area (Å²) >= 11 is 0. The van der Waals surface area contributed by atoms with Crippen LogP contribution in [0.15, 0.2) is 39.8 Å². The van der Waals surface area contributed by atoms with Crippen molar-refractivity contribution < 1.29 is 31.9 Å². The van der Waals surface area contributed by atoms with Crippen molar-refractivity contribution in [1.82, 2.24) is 14.5 Å². The van der Waals surface area contributed by atoms with E-state index in [0.717, 1.165) is 15.6 Å². The Balaban J connectivity index is 1.58. The van der Waals surface area contributed by atoms with E-state index < -0.39 is 27.5 Å². The Labute approximate surface area is 179 Å². The van der Waals surface area contributed by atoms with Crippen LogP contribution in [-0.2, 0) is 26.9 Å². The summed E-state index contributed by atoms with van der Waals surface area (Å²) in [6.07, 6.45) is 0.749. The molecular formula is C20H23N3O7S. The Hall–Kier alpha value is -3.05. The third-order valence-corrected chi connectivity index (χ3v) is 6.98. The minimum absolute atomic E-state index is 0.173. The maximum Gasteiger partial charge on any atom is 0.325 e. The molecule has 3 amide bonds. The van der Waals surface area contributed by atoms with Crippen molar-refractivity contribution in [3.63, 3.8) is 0 Å². The molecule has 3 heterocycles. The minimum Gasteiger partial charge on any atom is -0.490 e. The van der Waals surface area contributed by atoms with E-state index >= 15 is 0 Å². The summed E-state index contributed by atoms with van der Waals surface area (Å²) in [5.74, 6) is 0.789. The number of nitrogens with zero attached hydrogens (tertiary/aromatic N) is 2. The number of nitrogens with one attached hydrogen (secondary N) is 1. The fourth-order valence-electron chi connectivity index (χ4n) is 3.43. The Morgan fingerprint density at radius 2 is 1.81 bits per heavy atom. The van der Waals surface area contributed by atoms with Gasteiger partial charge >= 0.3 is 6.03 Å². The lowest BCUT2D eigenvalue weighted by molar-refractivity contribution is -0.131.